The van der Waals surface area contributed by atoms with Gasteiger partial charge in [0, 0.05) is 30.2 Å². The maximum atomic E-state index is 13.2. The van der Waals surface area contributed by atoms with Crippen LogP contribution in [-0.2, 0) is 0 Å². The number of carbonyl (C=O) groups excluding carboxylic acids is 1. The van der Waals surface area contributed by atoms with Gasteiger partial charge >= 0.3 is 0 Å². The molecule has 102 valence electrons. The van der Waals surface area contributed by atoms with E-state index in [9.17, 15) is 13.6 Å². The second-order valence-corrected chi connectivity index (χ2v) is 5.96. The molecule has 1 heterocycles. The van der Waals surface area contributed by atoms with Gasteiger partial charge in [-0.2, -0.15) is 0 Å². The van der Waals surface area contributed by atoms with E-state index in [0.29, 0.717) is 11.3 Å². The van der Waals surface area contributed by atoms with E-state index < -0.39 is 11.6 Å². The van der Waals surface area contributed by atoms with E-state index >= 15 is 0 Å². The van der Waals surface area contributed by atoms with E-state index in [-0.39, 0.29) is 31.6 Å². The van der Waals surface area contributed by atoms with Crippen LogP contribution in [0, 0.1) is 0 Å². The van der Waals surface area contributed by atoms with Crippen molar-refractivity contribution in [1.82, 2.24) is 5.32 Å². The molecule has 1 saturated carbocycles. The number of halogens is 3. The minimum Gasteiger partial charge on any atom is -0.467 e. The molecule has 1 aromatic rings. The van der Waals surface area contributed by atoms with Gasteiger partial charge in [-0.1, -0.05) is 15.9 Å². The lowest BCUT2D eigenvalue weighted by Crippen LogP contribution is -2.58. The Morgan fingerprint density at radius 1 is 1.21 bits per heavy atom. The van der Waals surface area contributed by atoms with Crippen molar-refractivity contribution in [3.05, 3.63) is 28.2 Å². The van der Waals surface area contributed by atoms with Crippen LogP contribution in [0.5, 0.6) is 5.75 Å². The third kappa shape index (κ3) is 2.33. The number of benzene rings is 1. The highest BCUT2D eigenvalue weighted by Gasteiger charge is 2.48. The average molecular weight is 332 g/mol. The van der Waals surface area contributed by atoms with Gasteiger partial charge in [0.05, 0.1) is 5.56 Å². The number of amides is 1. The average Bonchev–Trinajstić information content (AvgIpc) is 2.33. The SMILES string of the molecule is O=C1NC2(CCC(F)(F)CC2)Oc2cc(Br)ccc21. The van der Waals surface area contributed by atoms with Crippen LogP contribution in [0.25, 0.3) is 0 Å². The van der Waals surface area contributed by atoms with E-state index in [2.05, 4.69) is 21.2 Å². The maximum absolute atomic E-state index is 13.2. The van der Waals surface area contributed by atoms with Gasteiger partial charge < -0.3 is 10.1 Å². The fraction of sp³-hybridized carbons (Fsp3) is 0.462. The first-order valence-corrected chi connectivity index (χ1v) is 6.87. The molecular formula is C13H12BrF2NO2. The molecule has 2 aliphatic rings. The zero-order valence-electron chi connectivity index (χ0n) is 10.0. The van der Waals surface area contributed by atoms with Crippen molar-refractivity contribution in [3.63, 3.8) is 0 Å². The highest BCUT2D eigenvalue weighted by atomic mass is 79.9. The molecule has 0 radical (unpaired) electrons. The van der Waals surface area contributed by atoms with Crippen LogP contribution in [0.2, 0.25) is 0 Å². The highest BCUT2D eigenvalue weighted by molar-refractivity contribution is 9.10. The summed E-state index contributed by atoms with van der Waals surface area (Å²) in [5.74, 6) is -2.47. The van der Waals surface area contributed by atoms with Gasteiger partial charge in [-0.25, -0.2) is 8.78 Å². The smallest absolute Gasteiger partial charge is 0.258 e. The van der Waals surface area contributed by atoms with Crippen LogP contribution < -0.4 is 10.1 Å². The van der Waals surface area contributed by atoms with Crippen LogP contribution in [0.4, 0.5) is 8.78 Å². The summed E-state index contributed by atoms with van der Waals surface area (Å²) in [5, 5.41) is 2.74. The molecule has 1 fully saturated rings. The van der Waals surface area contributed by atoms with Crippen molar-refractivity contribution < 1.29 is 18.3 Å². The fourth-order valence-electron chi connectivity index (χ4n) is 2.53. The van der Waals surface area contributed by atoms with Crippen LogP contribution in [0.3, 0.4) is 0 Å². The van der Waals surface area contributed by atoms with E-state index in [1.165, 1.54) is 0 Å². The first kappa shape index (κ1) is 12.8. The molecule has 1 amide bonds. The number of rotatable bonds is 0. The van der Waals surface area contributed by atoms with Gasteiger partial charge in [-0.3, -0.25) is 4.79 Å². The largest absolute Gasteiger partial charge is 0.467 e. The van der Waals surface area contributed by atoms with E-state index in [4.69, 9.17) is 4.74 Å². The Bertz CT molecular complexity index is 537. The Balaban J connectivity index is 1.90. The van der Waals surface area contributed by atoms with E-state index in [0.717, 1.165) is 4.47 Å². The van der Waals surface area contributed by atoms with Crippen LogP contribution >= 0.6 is 15.9 Å². The molecule has 0 unspecified atom stereocenters. The number of alkyl halides is 2. The molecule has 1 aliphatic carbocycles. The predicted octanol–water partition coefficient (Wildman–Crippen LogP) is 3.48. The minimum absolute atomic E-state index is 0.123. The van der Waals surface area contributed by atoms with Crippen molar-refractivity contribution in [1.29, 1.82) is 0 Å². The molecule has 1 N–H and O–H groups in total. The fourth-order valence-corrected chi connectivity index (χ4v) is 2.87. The Hall–Kier alpha value is -1.17. The summed E-state index contributed by atoms with van der Waals surface area (Å²) in [6.07, 6.45) is -0.289. The van der Waals surface area contributed by atoms with E-state index in [1.54, 1.807) is 18.2 Å². The lowest BCUT2D eigenvalue weighted by atomic mass is 9.87. The molecule has 3 rings (SSSR count). The topological polar surface area (TPSA) is 38.3 Å². The number of hydrogen-bond donors (Lipinski definition) is 1. The number of carbonyl (C=O) groups is 1. The molecule has 0 atom stereocenters. The zero-order chi connectivity index (χ0) is 13.7. The molecule has 0 aromatic heterocycles. The van der Waals surface area contributed by atoms with Gasteiger partial charge in [-0.15, -0.1) is 0 Å². The summed E-state index contributed by atoms with van der Waals surface area (Å²) in [4.78, 5) is 12.0. The quantitative estimate of drug-likeness (QED) is 0.790. The Morgan fingerprint density at radius 3 is 2.58 bits per heavy atom. The second kappa shape index (κ2) is 4.16. The number of nitrogens with one attached hydrogen (secondary N) is 1. The van der Waals surface area contributed by atoms with Crippen LogP contribution in [0.15, 0.2) is 22.7 Å². The first-order chi connectivity index (χ1) is 8.89. The molecular weight excluding hydrogens is 320 g/mol. The summed E-state index contributed by atoms with van der Waals surface area (Å²) in [7, 11) is 0. The third-order valence-electron chi connectivity index (χ3n) is 3.62. The van der Waals surface area contributed by atoms with Crippen molar-refractivity contribution in [2.75, 3.05) is 0 Å². The Labute approximate surface area is 117 Å². The van der Waals surface area contributed by atoms with Crippen molar-refractivity contribution in [3.8, 4) is 5.75 Å². The monoisotopic (exact) mass is 331 g/mol. The summed E-state index contributed by atoms with van der Waals surface area (Å²) < 4.78 is 33.0. The molecule has 0 saturated heterocycles. The van der Waals surface area contributed by atoms with Crippen molar-refractivity contribution >= 4 is 21.8 Å². The van der Waals surface area contributed by atoms with Gasteiger partial charge in [0.2, 0.25) is 5.92 Å². The summed E-state index contributed by atoms with van der Waals surface area (Å²) in [5.41, 5.74) is -0.543. The zero-order valence-corrected chi connectivity index (χ0v) is 11.6. The summed E-state index contributed by atoms with van der Waals surface area (Å²) >= 11 is 3.31. The molecule has 3 nitrogen and oxygen atoms in total. The van der Waals surface area contributed by atoms with Gasteiger partial charge in [-0.05, 0) is 18.2 Å². The van der Waals surface area contributed by atoms with Crippen molar-refractivity contribution in [2.24, 2.45) is 0 Å². The Kier molecular flexibility index (Phi) is 2.81. The maximum Gasteiger partial charge on any atom is 0.258 e. The number of hydrogen-bond acceptors (Lipinski definition) is 2. The molecule has 6 heteroatoms. The van der Waals surface area contributed by atoms with Crippen molar-refractivity contribution in [2.45, 2.75) is 37.3 Å². The Morgan fingerprint density at radius 2 is 1.89 bits per heavy atom. The molecule has 19 heavy (non-hydrogen) atoms. The molecule has 1 spiro atoms. The first-order valence-electron chi connectivity index (χ1n) is 6.08. The van der Waals surface area contributed by atoms with Gasteiger partial charge in [0.1, 0.15) is 5.75 Å². The highest BCUT2D eigenvalue weighted by Crippen LogP contribution is 2.42. The standard InChI is InChI=1S/C13H12BrF2NO2/c14-8-1-2-9-10(7-8)19-13(17-11(9)18)5-3-12(15,16)4-6-13/h1-2,7H,3-6H2,(H,17,18). The molecule has 1 aliphatic heterocycles. The molecule has 1 aromatic carbocycles. The second-order valence-electron chi connectivity index (χ2n) is 5.05. The van der Waals surface area contributed by atoms with Gasteiger partial charge in [0.15, 0.2) is 5.72 Å². The van der Waals surface area contributed by atoms with Gasteiger partial charge in [0.25, 0.3) is 5.91 Å². The molecule has 0 bridgehead atoms. The number of fused-ring (bicyclic) bond motifs is 1. The summed E-state index contributed by atoms with van der Waals surface area (Å²) in [6.45, 7) is 0. The minimum atomic E-state index is -2.66. The van der Waals surface area contributed by atoms with Crippen LogP contribution in [0.1, 0.15) is 36.0 Å². The number of ether oxygens (including phenoxy) is 1. The normalized spacial score (nSPS) is 23.4. The predicted molar refractivity (Wildman–Crippen MR) is 68.4 cm³/mol. The third-order valence-corrected chi connectivity index (χ3v) is 4.12. The summed E-state index contributed by atoms with van der Waals surface area (Å²) in [6, 6.07) is 5.09. The lowest BCUT2D eigenvalue weighted by molar-refractivity contribution is -0.104. The van der Waals surface area contributed by atoms with E-state index in [1.807, 2.05) is 0 Å². The lowest BCUT2D eigenvalue weighted by Gasteiger charge is -2.43. The van der Waals surface area contributed by atoms with Crippen LogP contribution in [-0.4, -0.2) is 17.6 Å².